The van der Waals surface area contributed by atoms with Gasteiger partial charge in [-0.25, -0.2) is 0 Å². The van der Waals surface area contributed by atoms with Crippen molar-refractivity contribution in [1.82, 2.24) is 10.2 Å². The van der Waals surface area contributed by atoms with Crippen LogP contribution in [0.25, 0.3) is 21.9 Å². The Morgan fingerprint density at radius 1 is 1.06 bits per heavy atom. The summed E-state index contributed by atoms with van der Waals surface area (Å²) < 4.78 is 5.86. The van der Waals surface area contributed by atoms with E-state index in [4.69, 9.17) is 4.74 Å². The molecule has 160 valence electrons. The van der Waals surface area contributed by atoms with Gasteiger partial charge in [-0.1, -0.05) is 44.2 Å². The summed E-state index contributed by atoms with van der Waals surface area (Å²) in [6.45, 7) is 7.49. The molecule has 0 aliphatic carbocycles. The number of amides is 2. The van der Waals surface area contributed by atoms with Gasteiger partial charge in [0.1, 0.15) is 5.75 Å². The van der Waals surface area contributed by atoms with E-state index in [1.54, 1.807) is 4.90 Å². The number of rotatable bonds is 5. The Morgan fingerprint density at radius 3 is 2.58 bits per heavy atom. The summed E-state index contributed by atoms with van der Waals surface area (Å²) >= 11 is 0. The number of nitrogens with zero attached hydrogens (tertiary/aromatic N) is 1. The van der Waals surface area contributed by atoms with Crippen LogP contribution in [0.3, 0.4) is 0 Å². The van der Waals surface area contributed by atoms with Gasteiger partial charge in [0, 0.05) is 18.2 Å². The van der Waals surface area contributed by atoms with E-state index in [0.29, 0.717) is 24.6 Å². The third kappa shape index (κ3) is 4.88. The Labute approximate surface area is 183 Å². The summed E-state index contributed by atoms with van der Waals surface area (Å²) in [5, 5.41) is 4.90. The molecule has 5 nitrogen and oxygen atoms in total. The summed E-state index contributed by atoms with van der Waals surface area (Å²) in [5.74, 6) is 1.12. The third-order valence-corrected chi connectivity index (χ3v) is 5.36. The second-order valence-electron chi connectivity index (χ2n) is 8.66. The number of nitrogens with one attached hydrogen (secondary N) is 1. The van der Waals surface area contributed by atoms with Crippen molar-refractivity contribution in [1.29, 1.82) is 0 Å². The zero-order valence-electron chi connectivity index (χ0n) is 18.2. The van der Waals surface area contributed by atoms with Crippen molar-refractivity contribution in [3.63, 3.8) is 0 Å². The Morgan fingerprint density at radius 2 is 1.81 bits per heavy atom. The fraction of sp³-hybridized carbons (Fsp3) is 0.308. The largest absolute Gasteiger partial charge is 0.493 e. The summed E-state index contributed by atoms with van der Waals surface area (Å²) in [6, 6.07) is 20.0. The standard InChI is InChI=1S/C26H28N2O3/c1-17(2)16-31-24-6-4-5-19(13-24)20-7-8-22-12-23(10-9-21(22)11-20)26(30)28-14-18(3)27-25(29)15-28/h4-13,17-18H,14-16H2,1-3H3,(H,27,29)/t18-/m1/s1. The van der Waals surface area contributed by atoms with Gasteiger partial charge in [-0.15, -0.1) is 0 Å². The van der Waals surface area contributed by atoms with Gasteiger partial charge in [0.2, 0.25) is 5.91 Å². The van der Waals surface area contributed by atoms with Gasteiger partial charge in [-0.2, -0.15) is 0 Å². The van der Waals surface area contributed by atoms with Crippen LogP contribution in [0.1, 0.15) is 31.1 Å². The number of ether oxygens (including phenoxy) is 1. The van der Waals surface area contributed by atoms with Gasteiger partial charge in [0.25, 0.3) is 5.91 Å². The predicted octanol–water partition coefficient (Wildman–Crippen LogP) is 4.50. The minimum absolute atomic E-state index is 0.0338. The molecule has 4 rings (SSSR count). The van der Waals surface area contributed by atoms with Crippen molar-refractivity contribution >= 4 is 22.6 Å². The maximum atomic E-state index is 12.9. The van der Waals surface area contributed by atoms with Crippen LogP contribution in [0.4, 0.5) is 0 Å². The first-order chi connectivity index (χ1) is 14.9. The van der Waals surface area contributed by atoms with Gasteiger partial charge in [0.15, 0.2) is 0 Å². The number of hydrogen-bond donors (Lipinski definition) is 1. The topological polar surface area (TPSA) is 58.6 Å². The molecule has 0 aromatic heterocycles. The molecule has 1 aliphatic rings. The number of piperazine rings is 1. The minimum Gasteiger partial charge on any atom is -0.493 e. The van der Waals surface area contributed by atoms with E-state index in [1.165, 1.54) is 0 Å². The highest BCUT2D eigenvalue weighted by Gasteiger charge is 2.26. The van der Waals surface area contributed by atoms with Crippen molar-refractivity contribution in [2.24, 2.45) is 5.92 Å². The molecule has 5 heteroatoms. The lowest BCUT2D eigenvalue weighted by Gasteiger charge is -2.31. The molecule has 0 radical (unpaired) electrons. The molecule has 1 atom stereocenters. The quantitative estimate of drug-likeness (QED) is 0.666. The predicted molar refractivity (Wildman–Crippen MR) is 123 cm³/mol. The summed E-state index contributed by atoms with van der Waals surface area (Å²) in [6.07, 6.45) is 0. The van der Waals surface area contributed by atoms with Crippen LogP contribution in [0.5, 0.6) is 5.75 Å². The number of hydrogen-bond acceptors (Lipinski definition) is 3. The molecule has 3 aromatic rings. The fourth-order valence-electron chi connectivity index (χ4n) is 3.86. The highest BCUT2D eigenvalue weighted by molar-refractivity contribution is 6.01. The van der Waals surface area contributed by atoms with E-state index >= 15 is 0 Å². The van der Waals surface area contributed by atoms with Crippen molar-refractivity contribution in [3.8, 4) is 16.9 Å². The lowest BCUT2D eigenvalue weighted by molar-refractivity contribution is -0.124. The summed E-state index contributed by atoms with van der Waals surface area (Å²) in [7, 11) is 0. The van der Waals surface area contributed by atoms with E-state index in [2.05, 4.69) is 43.4 Å². The molecule has 0 spiro atoms. The van der Waals surface area contributed by atoms with Crippen LogP contribution in [-0.4, -0.2) is 42.5 Å². The molecule has 0 bridgehead atoms. The van der Waals surface area contributed by atoms with E-state index < -0.39 is 0 Å². The molecule has 2 amide bonds. The Balaban J connectivity index is 1.57. The van der Waals surface area contributed by atoms with Gasteiger partial charge >= 0.3 is 0 Å². The van der Waals surface area contributed by atoms with Crippen LogP contribution in [0, 0.1) is 5.92 Å². The Kier molecular flexibility index (Phi) is 5.94. The highest BCUT2D eigenvalue weighted by atomic mass is 16.5. The Hall–Kier alpha value is -3.34. The number of carbonyl (C=O) groups is 2. The molecule has 1 saturated heterocycles. The smallest absolute Gasteiger partial charge is 0.254 e. The van der Waals surface area contributed by atoms with Crippen LogP contribution in [0.15, 0.2) is 60.7 Å². The summed E-state index contributed by atoms with van der Waals surface area (Å²) in [4.78, 5) is 26.3. The van der Waals surface area contributed by atoms with Crippen molar-refractivity contribution in [2.45, 2.75) is 26.8 Å². The average Bonchev–Trinajstić information content (AvgIpc) is 2.76. The number of carbonyl (C=O) groups excluding carboxylic acids is 2. The number of benzene rings is 3. The maximum Gasteiger partial charge on any atom is 0.254 e. The normalized spacial score (nSPS) is 16.5. The second-order valence-corrected chi connectivity index (χ2v) is 8.66. The fourth-order valence-corrected chi connectivity index (χ4v) is 3.86. The zero-order chi connectivity index (χ0) is 22.0. The first-order valence-electron chi connectivity index (χ1n) is 10.7. The molecule has 1 N–H and O–H groups in total. The first-order valence-corrected chi connectivity index (χ1v) is 10.7. The molecule has 31 heavy (non-hydrogen) atoms. The molecule has 1 aliphatic heterocycles. The lowest BCUT2D eigenvalue weighted by Crippen LogP contribution is -2.54. The zero-order valence-corrected chi connectivity index (χ0v) is 18.2. The van der Waals surface area contributed by atoms with Gasteiger partial charge < -0.3 is 15.0 Å². The minimum atomic E-state index is -0.114. The Bertz CT molecular complexity index is 1120. The second kappa shape index (κ2) is 8.80. The van der Waals surface area contributed by atoms with Crippen molar-refractivity contribution < 1.29 is 14.3 Å². The van der Waals surface area contributed by atoms with E-state index in [1.807, 2.05) is 43.3 Å². The van der Waals surface area contributed by atoms with E-state index in [0.717, 1.165) is 27.6 Å². The molecule has 0 unspecified atom stereocenters. The van der Waals surface area contributed by atoms with Gasteiger partial charge in [0.05, 0.1) is 13.2 Å². The molecular formula is C26H28N2O3. The third-order valence-electron chi connectivity index (χ3n) is 5.36. The SMILES string of the molecule is CC(C)COc1cccc(-c2ccc3cc(C(=O)N4CC(=O)N[C@H](C)C4)ccc3c2)c1. The average molecular weight is 417 g/mol. The van der Waals surface area contributed by atoms with E-state index in [-0.39, 0.29) is 24.4 Å². The van der Waals surface area contributed by atoms with Crippen LogP contribution >= 0.6 is 0 Å². The van der Waals surface area contributed by atoms with E-state index in [9.17, 15) is 9.59 Å². The molecular weight excluding hydrogens is 388 g/mol. The van der Waals surface area contributed by atoms with Gasteiger partial charge in [-0.05, 0) is 65.1 Å². The summed E-state index contributed by atoms with van der Waals surface area (Å²) in [5.41, 5.74) is 2.80. The lowest BCUT2D eigenvalue weighted by atomic mass is 9.99. The monoisotopic (exact) mass is 416 g/mol. The molecule has 3 aromatic carbocycles. The highest BCUT2D eigenvalue weighted by Crippen LogP contribution is 2.28. The molecule has 0 saturated carbocycles. The van der Waals surface area contributed by atoms with Gasteiger partial charge in [-0.3, -0.25) is 9.59 Å². The maximum absolute atomic E-state index is 12.9. The molecule has 1 heterocycles. The van der Waals surface area contributed by atoms with Crippen molar-refractivity contribution in [2.75, 3.05) is 19.7 Å². The van der Waals surface area contributed by atoms with Crippen LogP contribution < -0.4 is 10.1 Å². The van der Waals surface area contributed by atoms with Crippen LogP contribution in [0.2, 0.25) is 0 Å². The number of fused-ring (bicyclic) bond motifs is 1. The van der Waals surface area contributed by atoms with Crippen molar-refractivity contribution in [3.05, 3.63) is 66.2 Å². The first kappa shape index (κ1) is 20.9. The molecule has 1 fully saturated rings. The van der Waals surface area contributed by atoms with Crippen LogP contribution in [-0.2, 0) is 4.79 Å².